The zero-order valence-electron chi connectivity index (χ0n) is 14.9. The van der Waals surface area contributed by atoms with Crippen molar-refractivity contribution in [1.82, 2.24) is 20.6 Å². The molecule has 0 saturated carbocycles. The summed E-state index contributed by atoms with van der Waals surface area (Å²) in [7, 11) is 1.74. The molecule has 0 saturated heterocycles. The minimum absolute atomic E-state index is 0.0325. The van der Waals surface area contributed by atoms with Gasteiger partial charge in [-0.05, 0) is 17.7 Å². The van der Waals surface area contributed by atoms with Gasteiger partial charge in [-0.15, -0.1) is 0 Å². The number of nitrogens with one attached hydrogen (secondary N) is 3. The highest BCUT2D eigenvalue weighted by Crippen LogP contribution is 2.13. The molecule has 0 spiro atoms. The molecule has 6 heteroatoms. The maximum Gasteiger partial charge on any atom is 0.191 e. The Hall–Kier alpha value is -2.86. The molecule has 0 amide bonds. The lowest BCUT2D eigenvalue weighted by Gasteiger charge is -2.18. The molecule has 1 aromatic heterocycles. The Labute approximate surface area is 153 Å². The number of guanidine groups is 1. The Morgan fingerprint density at radius 3 is 2.62 bits per heavy atom. The molecular weight excluding hydrogens is 326 g/mol. The van der Waals surface area contributed by atoms with Crippen LogP contribution in [0.2, 0.25) is 0 Å². The standard InChI is InChI=1S/C20H25N5O/c1-21-20(23-13-16(14-26)15-7-3-2-4-8-15)22-12-11-19-24-17-9-5-6-10-18(17)25-19/h2-10,16,26H,11-14H2,1H3,(H,24,25)(H2,21,22,23). The normalized spacial score (nSPS) is 12.9. The summed E-state index contributed by atoms with van der Waals surface area (Å²) in [6.07, 6.45) is 0.775. The van der Waals surface area contributed by atoms with E-state index in [2.05, 4.69) is 25.6 Å². The van der Waals surface area contributed by atoms with Gasteiger partial charge in [0, 0.05) is 32.5 Å². The van der Waals surface area contributed by atoms with Gasteiger partial charge in [-0.3, -0.25) is 4.99 Å². The van der Waals surface area contributed by atoms with Crippen LogP contribution in [-0.4, -0.2) is 47.8 Å². The Balaban J connectivity index is 1.48. The number of aromatic amines is 1. The number of hydrogen-bond donors (Lipinski definition) is 4. The second-order valence-corrected chi connectivity index (χ2v) is 6.12. The van der Waals surface area contributed by atoms with E-state index in [1.54, 1.807) is 7.05 Å². The number of benzene rings is 2. The summed E-state index contributed by atoms with van der Waals surface area (Å²) >= 11 is 0. The van der Waals surface area contributed by atoms with Crippen LogP contribution in [0, 0.1) is 0 Å². The number of aromatic nitrogens is 2. The van der Waals surface area contributed by atoms with Crippen LogP contribution in [0.25, 0.3) is 11.0 Å². The topological polar surface area (TPSA) is 85.3 Å². The van der Waals surface area contributed by atoms with Crippen LogP contribution < -0.4 is 10.6 Å². The number of hydrogen-bond acceptors (Lipinski definition) is 3. The fraction of sp³-hybridized carbons (Fsp3) is 0.300. The molecule has 0 aliphatic heterocycles. The number of aliphatic hydroxyl groups excluding tert-OH is 1. The summed E-state index contributed by atoms with van der Waals surface area (Å²) in [5.41, 5.74) is 3.15. The van der Waals surface area contributed by atoms with Crippen molar-refractivity contribution >= 4 is 17.0 Å². The third-order valence-corrected chi connectivity index (χ3v) is 4.32. The van der Waals surface area contributed by atoms with E-state index in [1.807, 2.05) is 54.6 Å². The molecule has 26 heavy (non-hydrogen) atoms. The summed E-state index contributed by atoms with van der Waals surface area (Å²) in [5, 5.41) is 16.2. The number of rotatable bonds is 7. The predicted octanol–water partition coefficient (Wildman–Crippen LogP) is 2.05. The molecule has 4 N–H and O–H groups in total. The molecule has 136 valence electrons. The smallest absolute Gasteiger partial charge is 0.191 e. The largest absolute Gasteiger partial charge is 0.396 e. The first-order chi connectivity index (χ1) is 12.8. The van der Waals surface area contributed by atoms with Crippen molar-refractivity contribution in [2.45, 2.75) is 12.3 Å². The second kappa shape index (κ2) is 9.01. The molecule has 1 heterocycles. The molecule has 0 fully saturated rings. The fourth-order valence-corrected chi connectivity index (χ4v) is 2.88. The quantitative estimate of drug-likeness (QED) is 0.388. The van der Waals surface area contributed by atoms with E-state index in [1.165, 1.54) is 0 Å². The lowest BCUT2D eigenvalue weighted by molar-refractivity contribution is 0.265. The van der Waals surface area contributed by atoms with Gasteiger partial charge in [0.1, 0.15) is 5.82 Å². The zero-order chi connectivity index (χ0) is 18.2. The van der Waals surface area contributed by atoms with Gasteiger partial charge in [0.15, 0.2) is 5.96 Å². The first kappa shape index (κ1) is 17.9. The highest BCUT2D eigenvalue weighted by Gasteiger charge is 2.11. The Kier molecular flexibility index (Phi) is 6.22. The van der Waals surface area contributed by atoms with Gasteiger partial charge in [0.2, 0.25) is 0 Å². The number of nitrogens with zero attached hydrogens (tertiary/aromatic N) is 2. The van der Waals surface area contributed by atoms with Gasteiger partial charge in [0.25, 0.3) is 0 Å². The number of imidazole rings is 1. The third-order valence-electron chi connectivity index (χ3n) is 4.32. The summed E-state index contributed by atoms with van der Waals surface area (Å²) in [4.78, 5) is 12.1. The van der Waals surface area contributed by atoms with E-state index in [0.29, 0.717) is 13.1 Å². The number of fused-ring (bicyclic) bond motifs is 1. The van der Waals surface area contributed by atoms with E-state index in [4.69, 9.17) is 0 Å². The minimum Gasteiger partial charge on any atom is -0.396 e. The van der Waals surface area contributed by atoms with Crippen LogP contribution in [0.15, 0.2) is 59.6 Å². The van der Waals surface area contributed by atoms with E-state index in [9.17, 15) is 5.11 Å². The SMILES string of the molecule is CN=C(NCCc1nc2ccccc2[nH]1)NCC(CO)c1ccccc1. The Bertz CT molecular complexity index is 811. The van der Waals surface area contributed by atoms with Gasteiger partial charge >= 0.3 is 0 Å². The predicted molar refractivity (Wildman–Crippen MR) is 105 cm³/mol. The first-order valence-corrected chi connectivity index (χ1v) is 8.84. The van der Waals surface area contributed by atoms with E-state index in [-0.39, 0.29) is 12.5 Å². The maximum atomic E-state index is 9.65. The van der Waals surface area contributed by atoms with Gasteiger partial charge in [0.05, 0.1) is 17.6 Å². The molecule has 3 rings (SSSR count). The van der Waals surface area contributed by atoms with Crippen molar-refractivity contribution in [3.05, 3.63) is 66.0 Å². The van der Waals surface area contributed by atoms with E-state index in [0.717, 1.165) is 34.8 Å². The lowest BCUT2D eigenvalue weighted by atomic mass is 10.0. The van der Waals surface area contributed by atoms with Gasteiger partial charge in [-0.1, -0.05) is 42.5 Å². The van der Waals surface area contributed by atoms with Crippen LogP contribution in [0.3, 0.4) is 0 Å². The van der Waals surface area contributed by atoms with Crippen molar-refractivity contribution in [2.75, 3.05) is 26.7 Å². The summed E-state index contributed by atoms with van der Waals surface area (Å²) in [5.74, 6) is 1.70. The van der Waals surface area contributed by atoms with Crippen molar-refractivity contribution in [1.29, 1.82) is 0 Å². The molecule has 2 aromatic carbocycles. The minimum atomic E-state index is 0.0325. The molecule has 0 aliphatic rings. The number of para-hydroxylation sites is 2. The van der Waals surface area contributed by atoms with Crippen LogP contribution in [-0.2, 0) is 6.42 Å². The molecule has 1 unspecified atom stereocenters. The van der Waals surface area contributed by atoms with Crippen LogP contribution in [0.1, 0.15) is 17.3 Å². The Morgan fingerprint density at radius 2 is 1.88 bits per heavy atom. The molecule has 0 aliphatic carbocycles. The Morgan fingerprint density at radius 1 is 1.12 bits per heavy atom. The second-order valence-electron chi connectivity index (χ2n) is 6.12. The zero-order valence-corrected chi connectivity index (χ0v) is 14.9. The summed E-state index contributed by atoms with van der Waals surface area (Å²) < 4.78 is 0. The van der Waals surface area contributed by atoms with Crippen LogP contribution in [0.5, 0.6) is 0 Å². The van der Waals surface area contributed by atoms with Crippen molar-refractivity contribution in [3.8, 4) is 0 Å². The van der Waals surface area contributed by atoms with Gasteiger partial charge in [-0.2, -0.15) is 0 Å². The summed E-state index contributed by atoms with van der Waals surface area (Å²) in [6.45, 7) is 1.42. The van der Waals surface area contributed by atoms with Crippen LogP contribution in [0.4, 0.5) is 0 Å². The van der Waals surface area contributed by atoms with Gasteiger partial charge in [-0.25, -0.2) is 4.98 Å². The number of aliphatic imine (C=N–C) groups is 1. The molecule has 0 radical (unpaired) electrons. The average molecular weight is 351 g/mol. The molecular formula is C20H25N5O. The highest BCUT2D eigenvalue weighted by atomic mass is 16.3. The highest BCUT2D eigenvalue weighted by molar-refractivity contribution is 5.79. The lowest BCUT2D eigenvalue weighted by Crippen LogP contribution is -2.40. The maximum absolute atomic E-state index is 9.65. The molecule has 1 atom stereocenters. The van der Waals surface area contributed by atoms with Crippen molar-refractivity contribution in [2.24, 2.45) is 4.99 Å². The average Bonchev–Trinajstić information content (AvgIpc) is 3.10. The van der Waals surface area contributed by atoms with Crippen LogP contribution >= 0.6 is 0 Å². The van der Waals surface area contributed by atoms with Crippen molar-refractivity contribution < 1.29 is 5.11 Å². The van der Waals surface area contributed by atoms with Gasteiger partial charge < -0.3 is 20.7 Å². The van der Waals surface area contributed by atoms with E-state index >= 15 is 0 Å². The fourth-order valence-electron chi connectivity index (χ4n) is 2.88. The summed E-state index contributed by atoms with van der Waals surface area (Å²) in [6, 6.07) is 18.0. The molecule has 3 aromatic rings. The number of H-pyrrole nitrogens is 1. The third kappa shape index (κ3) is 4.61. The van der Waals surface area contributed by atoms with Crippen molar-refractivity contribution in [3.63, 3.8) is 0 Å². The number of aliphatic hydroxyl groups is 1. The first-order valence-electron chi connectivity index (χ1n) is 8.84. The molecule has 6 nitrogen and oxygen atoms in total. The molecule has 0 bridgehead atoms. The van der Waals surface area contributed by atoms with E-state index < -0.39 is 0 Å². The monoisotopic (exact) mass is 351 g/mol.